The monoisotopic (exact) mass is 337 g/mol. The molecule has 1 aliphatic heterocycles. The smallest absolute Gasteiger partial charge is 0.429 e. The zero-order valence-electron chi connectivity index (χ0n) is 16.1. The van der Waals surface area contributed by atoms with Crippen molar-refractivity contribution in [1.29, 1.82) is 0 Å². The van der Waals surface area contributed by atoms with E-state index in [0.29, 0.717) is 0 Å². The number of likely N-dealkylation sites (tertiary alicyclic amines) is 1. The van der Waals surface area contributed by atoms with Crippen LogP contribution < -0.4 is 0 Å². The molecule has 0 unspecified atom stereocenters. The molecule has 1 aliphatic rings. The van der Waals surface area contributed by atoms with Gasteiger partial charge in [-0.05, 0) is 73.3 Å². The number of carbonyl (C=O) groups is 1. The van der Waals surface area contributed by atoms with E-state index < -0.39 is 11.8 Å². The fourth-order valence-corrected chi connectivity index (χ4v) is 2.92. The third kappa shape index (κ3) is 5.74. The van der Waals surface area contributed by atoms with Gasteiger partial charge in [0.1, 0.15) is 6.10 Å². The Morgan fingerprint density at radius 1 is 1.17 bits per heavy atom. The molecule has 0 aromatic carbocycles. The van der Waals surface area contributed by atoms with E-state index in [2.05, 4.69) is 63.3 Å². The Balaban J connectivity index is 0.00000576. The molecule has 0 saturated carbocycles. The second kappa shape index (κ2) is 7.47. The highest BCUT2D eigenvalue weighted by Gasteiger charge is 2.44. The van der Waals surface area contributed by atoms with Crippen LogP contribution in [0.5, 0.6) is 0 Å². The standard InChI is InChI=1S/C19H29NO4.H2/c1-9-10-11-12-19(6,7)24-23-16(21)22-15-13-17(2,3)20(8)18(4,5)14-15;/h15H,13-14H2,1-8H3;1H. The Kier molecular flexibility index (Phi) is 6.33. The van der Waals surface area contributed by atoms with Gasteiger partial charge in [-0.15, -0.1) is 0 Å². The molecular formula is C19H31NO4. The van der Waals surface area contributed by atoms with E-state index in [-0.39, 0.29) is 18.6 Å². The summed E-state index contributed by atoms with van der Waals surface area (Å²) in [5.74, 6) is 10.7. The average molecular weight is 337 g/mol. The van der Waals surface area contributed by atoms with Crippen molar-refractivity contribution >= 4 is 6.16 Å². The summed E-state index contributed by atoms with van der Waals surface area (Å²) in [4.78, 5) is 24.1. The van der Waals surface area contributed by atoms with Crippen LogP contribution >= 0.6 is 0 Å². The predicted octanol–water partition coefficient (Wildman–Crippen LogP) is 3.77. The minimum Gasteiger partial charge on any atom is -0.429 e. The topological polar surface area (TPSA) is 48.0 Å². The maximum atomic E-state index is 11.9. The number of ether oxygens (including phenoxy) is 1. The molecule has 24 heavy (non-hydrogen) atoms. The lowest BCUT2D eigenvalue weighted by Gasteiger charge is -2.52. The average Bonchev–Trinajstić information content (AvgIpc) is 2.42. The molecule has 0 aromatic heterocycles. The summed E-state index contributed by atoms with van der Waals surface area (Å²) in [6.07, 6.45) is 0.407. The number of carbonyl (C=O) groups excluding carboxylic acids is 1. The van der Waals surface area contributed by atoms with Crippen molar-refractivity contribution < 1.29 is 20.7 Å². The van der Waals surface area contributed by atoms with Gasteiger partial charge in [0.15, 0.2) is 5.60 Å². The summed E-state index contributed by atoms with van der Waals surface area (Å²) in [7, 11) is 2.10. The summed E-state index contributed by atoms with van der Waals surface area (Å²) in [5, 5.41) is 0. The van der Waals surface area contributed by atoms with Gasteiger partial charge in [-0.2, -0.15) is 4.89 Å². The summed E-state index contributed by atoms with van der Waals surface area (Å²) in [6, 6.07) is 0. The van der Waals surface area contributed by atoms with E-state index in [1.165, 1.54) is 0 Å². The molecule has 1 saturated heterocycles. The van der Waals surface area contributed by atoms with Crippen molar-refractivity contribution in [2.45, 2.75) is 84.1 Å². The Labute approximate surface area is 147 Å². The molecular weight excluding hydrogens is 306 g/mol. The van der Waals surface area contributed by atoms with Crippen molar-refractivity contribution in [3.05, 3.63) is 0 Å². The molecule has 1 rings (SSSR count). The Morgan fingerprint density at radius 2 is 1.71 bits per heavy atom. The molecule has 0 bridgehead atoms. The highest BCUT2D eigenvalue weighted by atomic mass is 17.2. The fraction of sp³-hybridized carbons (Fsp3) is 0.737. The molecule has 0 spiro atoms. The SMILES string of the molecule is CC#CC#CC(C)(C)OOC(=O)OC1CC(C)(C)N(C)C(C)(C)C1.[HH]. The first-order chi connectivity index (χ1) is 10.9. The van der Waals surface area contributed by atoms with Crippen molar-refractivity contribution in [1.82, 2.24) is 4.90 Å². The molecule has 5 nitrogen and oxygen atoms in total. The molecule has 136 valence electrons. The van der Waals surface area contributed by atoms with Crippen molar-refractivity contribution in [3.63, 3.8) is 0 Å². The van der Waals surface area contributed by atoms with Gasteiger partial charge >= 0.3 is 6.16 Å². The van der Waals surface area contributed by atoms with Gasteiger partial charge in [0.2, 0.25) is 0 Å². The largest absolute Gasteiger partial charge is 0.540 e. The highest BCUT2D eigenvalue weighted by Crippen LogP contribution is 2.38. The van der Waals surface area contributed by atoms with Crippen LogP contribution in [0.4, 0.5) is 4.79 Å². The van der Waals surface area contributed by atoms with Crippen molar-refractivity contribution in [2.24, 2.45) is 0 Å². The summed E-state index contributed by atoms with van der Waals surface area (Å²) in [6.45, 7) is 13.6. The highest BCUT2D eigenvalue weighted by molar-refractivity contribution is 5.59. The van der Waals surface area contributed by atoms with Crippen molar-refractivity contribution in [2.75, 3.05) is 7.05 Å². The number of piperidine rings is 1. The molecule has 0 amide bonds. The molecule has 0 N–H and O–H groups in total. The van der Waals surface area contributed by atoms with Gasteiger partial charge in [-0.25, -0.2) is 4.79 Å². The quantitative estimate of drug-likeness (QED) is 0.339. The van der Waals surface area contributed by atoms with Crippen LogP contribution in [0, 0.1) is 23.7 Å². The van der Waals surface area contributed by atoms with Crippen LogP contribution in [0.1, 0.15) is 62.7 Å². The third-order valence-corrected chi connectivity index (χ3v) is 4.40. The van der Waals surface area contributed by atoms with E-state index in [9.17, 15) is 4.79 Å². The third-order valence-electron chi connectivity index (χ3n) is 4.40. The van der Waals surface area contributed by atoms with Gasteiger partial charge in [0, 0.05) is 25.3 Å². The number of rotatable bonds is 3. The zero-order chi connectivity index (χ0) is 18.6. The molecule has 0 aromatic rings. The van der Waals surface area contributed by atoms with Crippen LogP contribution in [0.3, 0.4) is 0 Å². The summed E-state index contributed by atoms with van der Waals surface area (Å²) < 4.78 is 5.44. The molecule has 5 heteroatoms. The second-order valence-corrected chi connectivity index (χ2v) is 7.88. The Bertz CT molecular complexity index is 572. The normalized spacial score (nSPS) is 20.2. The van der Waals surface area contributed by atoms with Crippen LogP contribution in [0.2, 0.25) is 0 Å². The minimum atomic E-state index is -0.950. The van der Waals surface area contributed by atoms with Gasteiger partial charge in [0.05, 0.1) is 0 Å². The lowest BCUT2D eigenvalue weighted by molar-refractivity contribution is -0.303. The number of nitrogens with zero attached hydrogens (tertiary/aromatic N) is 1. The zero-order valence-corrected chi connectivity index (χ0v) is 16.1. The van der Waals surface area contributed by atoms with Crippen LogP contribution in [-0.2, 0) is 14.5 Å². The van der Waals surface area contributed by atoms with Crippen LogP contribution in [0.15, 0.2) is 0 Å². The fourth-order valence-electron chi connectivity index (χ4n) is 2.92. The number of hydrogen-bond acceptors (Lipinski definition) is 5. The Morgan fingerprint density at radius 3 is 2.21 bits per heavy atom. The number of hydrogen-bond donors (Lipinski definition) is 0. The van der Waals surface area contributed by atoms with E-state index in [0.717, 1.165) is 12.8 Å². The van der Waals surface area contributed by atoms with Crippen molar-refractivity contribution in [3.8, 4) is 23.7 Å². The molecule has 0 atom stereocenters. The molecule has 0 aliphatic carbocycles. The van der Waals surface area contributed by atoms with Crippen LogP contribution in [-0.4, -0.2) is 40.9 Å². The van der Waals surface area contributed by atoms with Gasteiger partial charge in [-0.1, -0.05) is 5.92 Å². The maximum absolute atomic E-state index is 11.9. The molecule has 1 heterocycles. The first-order valence-electron chi connectivity index (χ1n) is 8.14. The van der Waals surface area contributed by atoms with E-state index in [4.69, 9.17) is 14.5 Å². The molecule has 1 fully saturated rings. The maximum Gasteiger partial charge on any atom is 0.540 e. The summed E-state index contributed by atoms with van der Waals surface area (Å²) >= 11 is 0. The van der Waals surface area contributed by atoms with Crippen LogP contribution in [0.25, 0.3) is 0 Å². The van der Waals surface area contributed by atoms with Gasteiger partial charge in [-0.3, -0.25) is 9.79 Å². The first-order valence-corrected chi connectivity index (χ1v) is 8.14. The lowest BCUT2D eigenvalue weighted by Crippen LogP contribution is -2.60. The van der Waals surface area contributed by atoms with Gasteiger partial charge < -0.3 is 4.74 Å². The summed E-state index contributed by atoms with van der Waals surface area (Å²) in [5.41, 5.74) is -1.09. The Hall–Kier alpha value is -1.69. The van der Waals surface area contributed by atoms with E-state index in [1.807, 2.05) is 0 Å². The van der Waals surface area contributed by atoms with Gasteiger partial charge in [0.25, 0.3) is 0 Å². The van der Waals surface area contributed by atoms with E-state index in [1.54, 1.807) is 20.8 Å². The molecule has 0 radical (unpaired) electrons. The minimum absolute atomic E-state index is 0. The predicted molar refractivity (Wildman–Crippen MR) is 95.0 cm³/mol. The second-order valence-electron chi connectivity index (χ2n) is 7.88. The lowest BCUT2D eigenvalue weighted by atomic mass is 9.79. The first kappa shape index (κ1) is 20.4. The van der Waals surface area contributed by atoms with E-state index >= 15 is 0 Å².